The second-order valence-electron chi connectivity index (χ2n) is 4.99. The van der Waals surface area contributed by atoms with Crippen molar-refractivity contribution >= 4 is 5.69 Å². The van der Waals surface area contributed by atoms with Gasteiger partial charge in [0.15, 0.2) is 0 Å². The van der Waals surface area contributed by atoms with Crippen molar-refractivity contribution in [3.63, 3.8) is 0 Å². The molecule has 1 aromatic rings. The van der Waals surface area contributed by atoms with Crippen molar-refractivity contribution in [2.24, 2.45) is 5.92 Å². The van der Waals surface area contributed by atoms with Gasteiger partial charge in [0.25, 0.3) is 0 Å². The van der Waals surface area contributed by atoms with Crippen molar-refractivity contribution in [3.05, 3.63) is 29.6 Å². The minimum Gasteiger partial charge on any atom is -0.398 e. The van der Waals surface area contributed by atoms with Crippen LogP contribution in [0.1, 0.15) is 31.7 Å². The van der Waals surface area contributed by atoms with Gasteiger partial charge in [-0.15, -0.1) is 0 Å². The van der Waals surface area contributed by atoms with Crippen molar-refractivity contribution in [3.8, 4) is 0 Å². The van der Waals surface area contributed by atoms with E-state index in [1.807, 2.05) is 0 Å². The fourth-order valence-electron chi connectivity index (χ4n) is 2.18. The van der Waals surface area contributed by atoms with Gasteiger partial charge >= 0.3 is 0 Å². The molecule has 94 valence electrons. The molecule has 1 aromatic carbocycles. The Morgan fingerprint density at radius 3 is 2.76 bits per heavy atom. The fourth-order valence-corrected chi connectivity index (χ4v) is 2.18. The van der Waals surface area contributed by atoms with Crippen molar-refractivity contribution in [2.75, 3.05) is 18.8 Å². The summed E-state index contributed by atoms with van der Waals surface area (Å²) in [6.45, 7) is 4.90. The molecule has 1 fully saturated rings. The number of anilines is 1. The van der Waals surface area contributed by atoms with Crippen LogP contribution in [0.5, 0.6) is 0 Å². The summed E-state index contributed by atoms with van der Waals surface area (Å²) in [5.41, 5.74) is 7.07. The predicted molar refractivity (Wildman–Crippen MR) is 69.1 cm³/mol. The molecule has 0 amide bonds. The van der Waals surface area contributed by atoms with Crippen LogP contribution in [0.15, 0.2) is 18.2 Å². The van der Waals surface area contributed by atoms with Gasteiger partial charge in [-0.2, -0.15) is 0 Å². The number of nitrogens with two attached hydrogens (primary N) is 1. The highest BCUT2D eigenvalue weighted by molar-refractivity contribution is 5.47. The molecule has 1 saturated carbocycles. The fraction of sp³-hybridized carbons (Fsp3) is 0.571. The summed E-state index contributed by atoms with van der Waals surface area (Å²) >= 11 is 0. The Kier molecular flexibility index (Phi) is 4.00. The molecule has 0 radical (unpaired) electrons. The lowest BCUT2D eigenvalue weighted by Crippen LogP contribution is -2.27. The first kappa shape index (κ1) is 12.4. The maximum Gasteiger partial charge on any atom is 0.129 e. The second kappa shape index (κ2) is 5.50. The van der Waals surface area contributed by atoms with E-state index < -0.39 is 0 Å². The van der Waals surface area contributed by atoms with E-state index in [1.165, 1.54) is 18.9 Å². The van der Waals surface area contributed by atoms with Crippen LogP contribution in [0, 0.1) is 11.7 Å². The maximum absolute atomic E-state index is 13.7. The van der Waals surface area contributed by atoms with Crippen molar-refractivity contribution in [2.45, 2.75) is 32.7 Å². The highest BCUT2D eigenvalue weighted by Gasteiger charge is 2.24. The van der Waals surface area contributed by atoms with Crippen LogP contribution in [-0.4, -0.2) is 18.0 Å². The number of hydrogen-bond donors (Lipinski definition) is 1. The molecular weight excluding hydrogens is 215 g/mol. The molecule has 0 spiro atoms. The number of benzene rings is 1. The lowest BCUT2D eigenvalue weighted by Gasteiger charge is -2.22. The average molecular weight is 236 g/mol. The predicted octanol–water partition coefficient (Wildman–Crippen LogP) is 3.03. The van der Waals surface area contributed by atoms with Crippen molar-refractivity contribution < 1.29 is 4.39 Å². The zero-order valence-electron chi connectivity index (χ0n) is 10.5. The summed E-state index contributed by atoms with van der Waals surface area (Å²) in [5.74, 6) is 0.649. The number of hydrogen-bond acceptors (Lipinski definition) is 2. The van der Waals surface area contributed by atoms with E-state index in [4.69, 9.17) is 5.73 Å². The molecule has 1 aliphatic rings. The van der Waals surface area contributed by atoms with Gasteiger partial charge in [0, 0.05) is 24.3 Å². The molecule has 2 N–H and O–H groups in total. The van der Waals surface area contributed by atoms with E-state index in [0.717, 1.165) is 25.4 Å². The second-order valence-corrected chi connectivity index (χ2v) is 4.99. The number of halogens is 1. The molecule has 0 heterocycles. The Labute approximate surface area is 103 Å². The van der Waals surface area contributed by atoms with Crippen LogP contribution in [-0.2, 0) is 6.54 Å². The zero-order valence-corrected chi connectivity index (χ0v) is 10.5. The highest BCUT2D eigenvalue weighted by Crippen LogP contribution is 2.30. The third-order valence-corrected chi connectivity index (χ3v) is 3.29. The molecule has 0 bridgehead atoms. The van der Waals surface area contributed by atoms with E-state index in [1.54, 1.807) is 12.1 Å². The molecule has 0 saturated heterocycles. The molecule has 3 heteroatoms. The summed E-state index contributed by atoms with van der Waals surface area (Å²) in [7, 11) is 0. The maximum atomic E-state index is 13.7. The van der Waals surface area contributed by atoms with Crippen LogP contribution in [0.3, 0.4) is 0 Å². The van der Waals surface area contributed by atoms with Gasteiger partial charge in [-0.05, 0) is 43.9 Å². The van der Waals surface area contributed by atoms with Gasteiger partial charge in [-0.1, -0.05) is 13.0 Å². The SMILES string of the molecule is CCCN(Cc1c(N)cccc1F)CC1CC1. The minimum absolute atomic E-state index is 0.179. The van der Waals surface area contributed by atoms with Gasteiger partial charge in [-0.3, -0.25) is 4.90 Å². The summed E-state index contributed by atoms with van der Waals surface area (Å²) in [6.07, 6.45) is 3.75. The Balaban J connectivity index is 2.04. The normalized spacial score (nSPS) is 15.5. The van der Waals surface area contributed by atoms with E-state index in [9.17, 15) is 4.39 Å². The summed E-state index contributed by atoms with van der Waals surface area (Å²) < 4.78 is 13.7. The van der Waals surface area contributed by atoms with Gasteiger partial charge in [0.1, 0.15) is 5.82 Å². The van der Waals surface area contributed by atoms with E-state index in [0.29, 0.717) is 17.8 Å². The first-order valence-electron chi connectivity index (χ1n) is 6.46. The first-order chi connectivity index (χ1) is 8.20. The molecular formula is C14H21FN2. The Morgan fingerprint density at radius 1 is 1.41 bits per heavy atom. The van der Waals surface area contributed by atoms with Gasteiger partial charge < -0.3 is 5.73 Å². The molecule has 2 nitrogen and oxygen atoms in total. The quantitative estimate of drug-likeness (QED) is 0.769. The van der Waals surface area contributed by atoms with Crippen LogP contribution in [0.2, 0.25) is 0 Å². The Hall–Kier alpha value is -1.09. The first-order valence-corrected chi connectivity index (χ1v) is 6.46. The lowest BCUT2D eigenvalue weighted by atomic mass is 10.1. The van der Waals surface area contributed by atoms with E-state index in [2.05, 4.69) is 11.8 Å². The average Bonchev–Trinajstić information content (AvgIpc) is 3.08. The smallest absolute Gasteiger partial charge is 0.129 e. The van der Waals surface area contributed by atoms with Crippen molar-refractivity contribution in [1.29, 1.82) is 0 Å². The summed E-state index contributed by atoms with van der Waals surface area (Å²) in [6, 6.07) is 4.94. The van der Waals surface area contributed by atoms with Crippen molar-refractivity contribution in [1.82, 2.24) is 4.90 Å². The monoisotopic (exact) mass is 236 g/mol. The topological polar surface area (TPSA) is 29.3 Å². The number of nitrogen functional groups attached to an aromatic ring is 1. The van der Waals surface area contributed by atoms with E-state index in [-0.39, 0.29) is 5.82 Å². The summed E-state index contributed by atoms with van der Waals surface area (Å²) in [4.78, 5) is 2.33. The lowest BCUT2D eigenvalue weighted by molar-refractivity contribution is 0.252. The minimum atomic E-state index is -0.179. The molecule has 2 rings (SSSR count). The van der Waals surface area contributed by atoms with E-state index >= 15 is 0 Å². The van der Waals surface area contributed by atoms with Crippen LogP contribution in [0.25, 0.3) is 0 Å². The highest BCUT2D eigenvalue weighted by atomic mass is 19.1. The molecule has 17 heavy (non-hydrogen) atoms. The molecule has 0 unspecified atom stereocenters. The van der Waals surface area contributed by atoms with Crippen LogP contribution >= 0.6 is 0 Å². The molecule has 0 atom stereocenters. The Morgan fingerprint density at radius 2 is 2.18 bits per heavy atom. The number of nitrogens with zero attached hydrogens (tertiary/aromatic N) is 1. The number of rotatable bonds is 6. The molecule has 0 aromatic heterocycles. The van der Waals surface area contributed by atoms with Gasteiger partial charge in [0.05, 0.1) is 0 Å². The third kappa shape index (κ3) is 3.43. The third-order valence-electron chi connectivity index (χ3n) is 3.29. The van der Waals surface area contributed by atoms with Crippen LogP contribution in [0.4, 0.5) is 10.1 Å². The Bertz CT molecular complexity index is 354. The standard InChI is InChI=1S/C14H21FN2/c1-2-8-17(9-11-6-7-11)10-12-13(15)4-3-5-14(12)16/h3-5,11H,2,6-10,16H2,1H3. The largest absolute Gasteiger partial charge is 0.398 e. The zero-order chi connectivity index (χ0) is 12.3. The van der Waals surface area contributed by atoms with Crippen LogP contribution < -0.4 is 5.73 Å². The van der Waals surface area contributed by atoms with Gasteiger partial charge in [0.2, 0.25) is 0 Å². The molecule has 0 aliphatic heterocycles. The van der Waals surface area contributed by atoms with Gasteiger partial charge in [-0.25, -0.2) is 4.39 Å². The summed E-state index contributed by atoms with van der Waals surface area (Å²) in [5, 5.41) is 0. The molecule has 1 aliphatic carbocycles.